The van der Waals surface area contributed by atoms with E-state index in [0.29, 0.717) is 13.1 Å². The van der Waals surface area contributed by atoms with E-state index < -0.39 is 0 Å². The number of aromatic nitrogens is 3. The summed E-state index contributed by atoms with van der Waals surface area (Å²) in [5, 5.41) is 9.97. The first-order chi connectivity index (χ1) is 12.1. The molecule has 0 aliphatic carbocycles. The minimum Gasteiger partial charge on any atom is -0.334 e. The summed E-state index contributed by atoms with van der Waals surface area (Å²) >= 11 is 0. The summed E-state index contributed by atoms with van der Waals surface area (Å²) in [6.07, 6.45) is 3.43. The van der Waals surface area contributed by atoms with Gasteiger partial charge in [0, 0.05) is 31.5 Å². The highest BCUT2D eigenvalue weighted by Gasteiger charge is 2.08. The van der Waals surface area contributed by atoms with E-state index in [9.17, 15) is 9.18 Å². The molecule has 0 aliphatic rings. The molecular weight excluding hydrogens is 321 g/mol. The number of nitrogens with zero attached hydrogens (tertiary/aromatic N) is 3. The monoisotopic (exact) mass is 339 g/mol. The Balaban J connectivity index is 1.53. The van der Waals surface area contributed by atoms with E-state index in [1.54, 1.807) is 29.2 Å². The third-order valence-corrected chi connectivity index (χ3v) is 3.75. The third-order valence-electron chi connectivity index (χ3n) is 3.75. The Hall–Kier alpha value is -3.22. The van der Waals surface area contributed by atoms with Crippen molar-refractivity contribution >= 4 is 6.03 Å². The molecule has 0 unspecified atom stereocenters. The average Bonchev–Trinajstić information content (AvgIpc) is 3.01. The van der Waals surface area contributed by atoms with Gasteiger partial charge in [-0.3, -0.25) is 9.67 Å². The lowest BCUT2D eigenvalue weighted by Crippen LogP contribution is -2.35. The van der Waals surface area contributed by atoms with E-state index in [1.807, 2.05) is 25.2 Å². The van der Waals surface area contributed by atoms with Crippen molar-refractivity contribution in [3.63, 3.8) is 0 Å². The SMILES string of the molecule is Cn1nc(-c2ccncc2)cc1CNC(=O)NCc1ccc(F)cc1. The van der Waals surface area contributed by atoms with Gasteiger partial charge in [-0.15, -0.1) is 0 Å². The number of benzene rings is 1. The Morgan fingerprint density at radius 1 is 1.08 bits per heavy atom. The molecule has 0 fully saturated rings. The summed E-state index contributed by atoms with van der Waals surface area (Å²) in [4.78, 5) is 15.9. The summed E-state index contributed by atoms with van der Waals surface area (Å²) in [5.74, 6) is -0.297. The number of carbonyl (C=O) groups is 1. The molecule has 2 N–H and O–H groups in total. The zero-order chi connectivity index (χ0) is 17.6. The average molecular weight is 339 g/mol. The standard InChI is InChI=1S/C18H18FN5O/c1-24-16(10-17(23-24)14-6-8-20-9-7-14)12-22-18(25)21-11-13-2-4-15(19)5-3-13/h2-10H,11-12H2,1H3,(H2,21,22,25). The van der Waals surface area contributed by atoms with Crippen molar-refractivity contribution in [3.8, 4) is 11.3 Å². The second-order valence-electron chi connectivity index (χ2n) is 5.54. The quantitative estimate of drug-likeness (QED) is 0.750. The van der Waals surface area contributed by atoms with Crippen LogP contribution in [0, 0.1) is 5.82 Å². The summed E-state index contributed by atoms with van der Waals surface area (Å²) in [5.41, 5.74) is 3.51. The van der Waals surface area contributed by atoms with Gasteiger partial charge in [-0.25, -0.2) is 9.18 Å². The first-order valence-corrected chi connectivity index (χ1v) is 7.81. The molecule has 7 heteroatoms. The number of pyridine rings is 1. The summed E-state index contributed by atoms with van der Waals surface area (Å²) < 4.78 is 14.6. The number of halogens is 1. The summed E-state index contributed by atoms with van der Waals surface area (Å²) in [6, 6.07) is 11.4. The number of urea groups is 1. The van der Waals surface area contributed by atoms with Crippen LogP contribution >= 0.6 is 0 Å². The van der Waals surface area contributed by atoms with Crippen molar-refractivity contribution in [1.29, 1.82) is 0 Å². The van der Waals surface area contributed by atoms with Crippen molar-refractivity contribution < 1.29 is 9.18 Å². The number of amides is 2. The van der Waals surface area contributed by atoms with E-state index in [4.69, 9.17) is 0 Å². The number of carbonyl (C=O) groups excluding carboxylic acids is 1. The number of nitrogens with one attached hydrogen (secondary N) is 2. The van der Waals surface area contributed by atoms with Crippen LogP contribution in [-0.2, 0) is 20.1 Å². The molecule has 0 atom stereocenters. The van der Waals surface area contributed by atoms with Gasteiger partial charge in [-0.1, -0.05) is 12.1 Å². The van der Waals surface area contributed by atoms with Crippen molar-refractivity contribution in [2.24, 2.45) is 7.05 Å². The van der Waals surface area contributed by atoms with Crippen LogP contribution in [0.4, 0.5) is 9.18 Å². The topological polar surface area (TPSA) is 71.8 Å². The van der Waals surface area contributed by atoms with Crippen molar-refractivity contribution in [3.05, 3.63) is 71.9 Å². The predicted octanol–water partition coefficient (Wildman–Crippen LogP) is 2.62. The lowest BCUT2D eigenvalue weighted by Gasteiger charge is -2.08. The van der Waals surface area contributed by atoms with Crippen LogP contribution in [0.2, 0.25) is 0 Å². The minimum atomic E-state index is -0.297. The van der Waals surface area contributed by atoms with E-state index >= 15 is 0 Å². The van der Waals surface area contributed by atoms with Gasteiger partial charge in [0.05, 0.1) is 17.9 Å². The van der Waals surface area contributed by atoms with Gasteiger partial charge in [0.2, 0.25) is 0 Å². The van der Waals surface area contributed by atoms with Gasteiger partial charge in [-0.05, 0) is 35.9 Å². The molecule has 0 saturated heterocycles. The maximum absolute atomic E-state index is 12.8. The molecule has 0 radical (unpaired) electrons. The molecule has 25 heavy (non-hydrogen) atoms. The number of hydrogen-bond donors (Lipinski definition) is 2. The fourth-order valence-electron chi connectivity index (χ4n) is 2.35. The molecule has 0 bridgehead atoms. The Morgan fingerprint density at radius 3 is 2.48 bits per heavy atom. The molecule has 0 spiro atoms. The normalized spacial score (nSPS) is 10.5. The molecule has 6 nitrogen and oxygen atoms in total. The molecule has 1 aromatic carbocycles. The maximum Gasteiger partial charge on any atom is 0.315 e. The highest BCUT2D eigenvalue weighted by atomic mass is 19.1. The second-order valence-corrected chi connectivity index (χ2v) is 5.54. The highest BCUT2D eigenvalue weighted by molar-refractivity contribution is 5.73. The van der Waals surface area contributed by atoms with Crippen LogP contribution in [0.5, 0.6) is 0 Å². The van der Waals surface area contributed by atoms with Crippen LogP contribution in [0.3, 0.4) is 0 Å². The molecule has 0 aliphatic heterocycles. The highest BCUT2D eigenvalue weighted by Crippen LogP contribution is 2.17. The lowest BCUT2D eigenvalue weighted by atomic mass is 10.2. The van der Waals surface area contributed by atoms with E-state index in [-0.39, 0.29) is 11.8 Å². The first-order valence-electron chi connectivity index (χ1n) is 7.81. The molecule has 2 heterocycles. The Bertz CT molecular complexity index is 846. The van der Waals surface area contributed by atoms with Crippen LogP contribution in [0.25, 0.3) is 11.3 Å². The zero-order valence-corrected chi connectivity index (χ0v) is 13.7. The van der Waals surface area contributed by atoms with E-state index in [1.165, 1.54) is 12.1 Å². The molecular formula is C18H18FN5O. The predicted molar refractivity (Wildman–Crippen MR) is 91.9 cm³/mol. The van der Waals surface area contributed by atoms with Crippen LogP contribution in [-0.4, -0.2) is 20.8 Å². The van der Waals surface area contributed by atoms with Gasteiger partial charge >= 0.3 is 6.03 Å². The fourth-order valence-corrected chi connectivity index (χ4v) is 2.35. The molecule has 3 rings (SSSR count). The van der Waals surface area contributed by atoms with Crippen LogP contribution in [0.1, 0.15) is 11.3 Å². The largest absolute Gasteiger partial charge is 0.334 e. The number of rotatable bonds is 5. The number of hydrogen-bond acceptors (Lipinski definition) is 3. The van der Waals surface area contributed by atoms with E-state index in [0.717, 1.165) is 22.5 Å². The molecule has 2 aromatic heterocycles. The molecule has 0 saturated carbocycles. The van der Waals surface area contributed by atoms with Crippen LogP contribution in [0.15, 0.2) is 54.9 Å². The summed E-state index contributed by atoms with van der Waals surface area (Å²) in [6.45, 7) is 0.684. The molecule has 2 amide bonds. The first kappa shape index (κ1) is 16.6. The van der Waals surface area contributed by atoms with Crippen molar-refractivity contribution in [2.75, 3.05) is 0 Å². The Kier molecular flexibility index (Phi) is 5.03. The summed E-state index contributed by atoms with van der Waals surface area (Å²) in [7, 11) is 1.83. The van der Waals surface area contributed by atoms with Crippen molar-refractivity contribution in [2.45, 2.75) is 13.1 Å². The minimum absolute atomic E-state index is 0.295. The van der Waals surface area contributed by atoms with Crippen molar-refractivity contribution in [1.82, 2.24) is 25.4 Å². The van der Waals surface area contributed by atoms with Gasteiger partial charge in [0.15, 0.2) is 0 Å². The fraction of sp³-hybridized carbons (Fsp3) is 0.167. The van der Waals surface area contributed by atoms with Gasteiger partial charge in [0.1, 0.15) is 5.82 Å². The smallest absolute Gasteiger partial charge is 0.315 e. The number of aryl methyl sites for hydroxylation is 1. The molecule has 3 aromatic rings. The maximum atomic E-state index is 12.8. The lowest BCUT2D eigenvalue weighted by molar-refractivity contribution is 0.240. The zero-order valence-electron chi connectivity index (χ0n) is 13.7. The second kappa shape index (κ2) is 7.57. The van der Waals surface area contributed by atoms with E-state index in [2.05, 4.69) is 20.7 Å². The molecule has 128 valence electrons. The Morgan fingerprint density at radius 2 is 1.76 bits per heavy atom. The Labute approximate surface area is 144 Å². The third kappa shape index (κ3) is 4.41. The van der Waals surface area contributed by atoms with Gasteiger partial charge in [0.25, 0.3) is 0 Å². The van der Waals surface area contributed by atoms with Gasteiger partial charge in [-0.2, -0.15) is 5.10 Å². The van der Waals surface area contributed by atoms with Crippen LogP contribution < -0.4 is 10.6 Å². The van der Waals surface area contributed by atoms with Gasteiger partial charge < -0.3 is 10.6 Å².